The second kappa shape index (κ2) is 8.01. The van der Waals surface area contributed by atoms with Crippen molar-refractivity contribution in [2.75, 3.05) is 49.5 Å². The number of nitrogen functional groups attached to an aromatic ring is 2. The van der Waals surface area contributed by atoms with Gasteiger partial charge in [0.15, 0.2) is 5.82 Å². The number of hydrogen-bond donors (Lipinski definition) is 2. The number of rotatable bonds is 4. The van der Waals surface area contributed by atoms with Crippen LogP contribution >= 0.6 is 0 Å². The van der Waals surface area contributed by atoms with Crippen LogP contribution < -0.4 is 21.3 Å². The minimum Gasteiger partial charge on any atom is -0.398 e. The Morgan fingerprint density at radius 3 is 2.27 bits per heavy atom. The third-order valence-corrected chi connectivity index (χ3v) is 7.90. The number of aromatic nitrogens is 7. The monoisotopic (exact) mass is 542 g/mol. The van der Waals surface area contributed by atoms with Gasteiger partial charge in [0, 0.05) is 67.8 Å². The van der Waals surface area contributed by atoms with Gasteiger partial charge in [-0.3, -0.25) is 9.56 Å². The number of benzene rings is 2. The second-order valence-electron chi connectivity index (χ2n) is 10.8. The molecule has 0 spiro atoms. The molecule has 0 saturated carbocycles. The molecule has 1 aliphatic rings. The van der Waals surface area contributed by atoms with E-state index >= 15 is 0 Å². The van der Waals surface area contributed by atoms with Crippen LogP contribution in [0.2, 0.25) is 0 Å². The molecule has 8 rings (SSSR count). The quantitative estimate of drug-likeness (QED) is 0.318. The molecule has 3 aromatic carbocycles. The summed E-state index contributed by atoms with van der Waals surface area (Å²) >= 11 is 0. The van der Waals surface area contributed by atoms with Crippen molar-refractivity contribution in [3.8, 4) is 5.82 Å². The lowest BCUT2D eigenvalue weighted by Crippen LogP contribution is -2.13. The summed E-state index contributed by atoms with van der Waals surface area (Å²) in [6.07, 6.45) is 5.17. The molecule has 4 aromatic heterocycles. The predicted octanol–water partition coefficient (Wildman–Crippen LogP) is 3.75. The van der Waals surface area contributed by atoms with E-state index < -0.39 is 0 Å². The minimum atomic E-state index is -0.226. The van der Waals surface area contributed by atoms with Gasteiger partial charge in [0.05, 0.1) is 39.5 Å². The van der Waals surface area contributed by atoms with Crippen LogP contribution in [-0.2, 0) is 0 Å². The van der Waals surface area contributed by atoms with Crippen LogP contribution in [0.5, 0.6) is 0 Å². The van der Waals surface area contributed by atoms with Gasteiger partial charge in [-0.15, -0.1) is 0 Å². The van der Waals surface area contributed by atoms with E-state index in [2.05, 4.69) is 33.2 Å². The number of nitrogens with zero attached hydrogens (tertiary/aromatic N) is 10. The minimum absolute atomic E-state index is 0.226. The van der Waals surface area contributed by atoms with E-state index in [4.69, 9.17) is 26.4 Å². The highest BCUT2D eigenvalue weighted by molar-refractivity contribution is 6.07. The lowest BCUT2D eigenvalue weighted by atomic mass is 9.93. The number of nitrogens with two attached hydrogens (primary N) is 2. The fourth-order valence-corrected chi connectivity index (χ4v) is 5.90. The van der Waals surface area contributed by atoms with Gasteiger partial charge in [0.2, 0.25) is 11.6 Å². The van der Waals surface area contributed by atoms with E-state index in [1.165, 1.54) is 6.33 Å². The fraction of sp³-hybridized carbons (Fsp3) is 0.172. The fourth-order valence-electron chi connectivity index (χ4n) is 5.90. The van der Waals surface area contributed by atoms with Crippen molar-refractivity contribution in [1.82, 2.24) is 33.9 Å². The van der Waals surface area contributed by atoms with Crippen molar-refractivity contribution in [2.24, 2.45) is 4.99 Å². The summed E-state index contributed by atoms with van der Waals surface area (Å²) in [5, 5.41) is 1.86. The molecule has 0 aliphatic carbocycles. The van der Waals surface area contributed by atoms with Crippen LogP contribution in [0, 0.1) is 0 Å². The molecule has 0 saturated heterocycles. The van der Waals surface area contributed by atoms with Crippen molar-refractivity contribution in [3.05, 3.63) is 60.3 Å². The Bertz CT molecular complexity index is 2200. The van der Waals surface area contributed by atoms with Crippen LogP contribution in [-0.4, -0.2) is 68.3 Å². The van der Waals surface area contributed by atoms with Crippen molar-refractivity contribution >= 4 is 73.5 Å². The van der Waals surface area contributed by atoms with E-state index in [0.29, 0.717) is 28.7 Å². The second-order valence-corrected chi connectivity index (χ2v) is 10.8. The molecule has 0 amide bonds. The van der Waals surface area contributed by atoms with Crippen LogP contribution in [0.4, 0.5) is 28.4 Å². The Balaban J connectivity index is 1.39. The highest BCUT2D eigenvalue weighted by atomic mass is 15.2. The van der Waals surface area contributed by atoms with E-state index in [0.717, 1.165) is 55.6 Å². The zero-order valence-electron chi connectivity index (χ0n) is 22.9. The van der Waals surface area contributed by atoms with Gasteiger partial charge in [-0.05, 0) is 30.3 Å². The number of imidazole rings is 1. The van der Waals surface area contributed by atoms with Gasteiger partial charge >= 0.3 is 0 Å². The number of fused-ring (bicyclic) bond motifs is 2. The summed E-state index contributed by atoms with van der Waals surface area (Å²) < 4.78 is 3.83. The standard InChI is InChI=1S/C29H26N12/c1-38(2)14-7-19(30)23-18(11-32-21(23)9-14)24-16-5-6-17-25(16)41-28(36-24)33-12-34-29(41)37-27(17)40-13-35-22-10-15(39(3)4)8-20(31)26(22)40/h5-13,18H,30-31H2,1-4H3. The van der Waals surface area contributed by atoms with Gasteiger partial charge in [-0.25, -0.2) is 24.3 Å². The van der Waals surface area contributed by atoms with Crippen LogP contribution in [0.1, 0.15) is 17.2 Å². The van der Waals surface area contributed by atoms with E-state index in [1.54, 1.807) is 6.33 Å². The summed E-state index contributed by atoms with van der Waals surface area (Å²) in [5.74, 6) is 1.44. The molecule has 1 aliphatic heterocycles. The Morgan fingerprint density at radius 1 is 0.780 bits per heavy atom. The maximum absolute atomic E-state index is 6.61. The average molecular weight is 543 g/mol. The molecule has 4 N–H and O–H groups in total. The maximum atomic E-state index is 6.61. The first-order valence-electron chi connectivity index (χ1n) is 13.1. The molecule has 12 nitrogen and oxygen atoms in total. The van der Waals surface area contributed by atoms with Crippen LogP contribution in [0.3, 0.4) is 0 Å². The number of anilines is 4. The Labute approximate surface area is 233 Å². The molecule has 0 bridgehead atoms. The molecule has 41 heavy (non-hydrogen) atoms. The molecule has 12 heteroatoms. The Hall–Kier alpha value is -5.52. The van der Waals surface area contributed by atoms with E-state index in [9.17, 15) is 0 Å². The molecule has 1 unspecified atom stereocenters. The lowest BCUT2D eigenvalue weighted by molar-refractivity contribution is 0.956. The average Bonchev–Trinajstić information content (AvgIpc) is 3.69. The SMILES string of the molecule is CN(C)c1cc(N)c2c(c1)N=CC2c1nc2ncnc3nc(-n4cnc5cc(N(C)C)cc(N)c54)c4ccc1c4n23. The highest BCUT2D eigenvalue weighted by Gasteiger charge is 2.30. The topological polar surface area (TPSA) is 145 Å². The van der Waals surface area contributed by atoms with E-state index in [-0.39, 0.29) is 5.92 Å². The molecule has 1 atom stereocenters. The van der Waals surface area contributed by atoms with Crippen molar-refractivity contribution in [3.63, 3.8) is 0 Å². The highest BCUT2D eigenvalue weighted by Crippen LogP contribution is 2.45. The van der Waals surface area contributed by atoms with Crippen LogP contribution in [0.25, 0.3) is 44.7 Å². The number of aliphatic imine (C=N–C) groups is 1. The summed E-state index contributed by atoms with van der Waals surface area (Å²) in [5.41, 5.74) is 21.6. The molecule has 5 heterocycles. The first-order valence-corrected chi connectivity index (χ1v) is 13.1. The smallest absolute Gasteiger partial charge is 0.240 e. The molecule has 202 valence electrons. The van der Waals surface area contributed by atoms with E-state index in [1.807, 2.05) is 71.4 Å². The number of hydrogen-bond acceptors (Lipinski definition) is 10. The lowest BCUT2D eigenvalue weighted by Gasteiger charge is -2.19. The normalized spacial score (nSPS) is 14.7. The van der Waals surface area contributed by atoms with Crippen molar-refractivity contribution in [1.29, 1.82) is 0 Å². The van der Waals surface area contributed by atoms with Crippen LogP contribution in [0.15, 0.2) is 54.0 Å². The Kier molecular flexibility index (Phi) is 4.56. The van der Waals surface area contributed by atoms with Gasteiger partial charge in [0.25, 0.3) is 0 Å². The Morgan fingerprint density at radius 2 is 1.49 bits per heavy atom. The van der Waals surface area contributed by atoms with Crippen molar-refractivity contribution < 1.29 is 0 Å². The third kappa shape index (κ3) is 3.15. The van der Waals surface area contributed by atoms with Gasteiger partial charge in [-0.1, -0.05) is 6.07 Å². The molecule has 0 radical (unpaired) electrons. The van der Waals surface area contributed by atoms with Gasteiger partial charge in [-0.2, -0.15) is 4.98 Å². The zero-order chi connectivity index (χ0) is 28.2. The van der Waals surface area contributed by atoms with Gasteiger partial charge in [0.1, 0.15) is 12.7 Å². The zero-order valence-corrected chi connectivity index (χ0v) is 22.9. The maximum Gasteiger partial charge on any atom is 0.240 e. The third-order valence-electron chi connectivity index (χ3n) is 7.90. The summed E-state index contributed by atoms with van der Waals surface area (Å²) in [7, 11) is 7.93. The summed E-state index contributed by atoms with van der Waals surface area (Å²) in [6, 6.07) is 12.1. The molecular weight excluding hydrogens is 516 g/mol. The molecule has 0 fully saturated rings. The van der Waals surface area contributed by atoms with Crippen molar-refractivity contribution in [2.45, 2.75) is 5.92 Å². The van der Waals surface area contributed by atoms with Gasteiger partial charge < -0.3 is 21.3 Å². The predicted molar refractivity (Wildman–Crippen MR) is 163 cm³/mol. The summed E-state index contributed by atoms with van der Waals surface area (Å²) in [6.45, 7) is 0. The first kappa shape index (κ1) is 23.4. The summed E-state index contributed by atoms with van der Waals surface area (Å²) in [4.78, 5) is 32.4. The first-order chi connectivity index (χ1) is 19.8. The largest absolute Gasteiger partial charge is 0.398 e. The molecular formula is C29H26N12. The molecule has 7 aromatic rings.